The van der Waals surface area contributed by atoms with E-state index in [1.807, 2.05) is 0 Å². The van der Waals surface area contributed by atoms with E-state index in [9.17, 15) is 19.2 Å². The lowest BCUT2D eigenvalue weighted by Crippen LogP contribution is -2.41. The average Bonchev–Trinajstić information content (AvgIpc) is 3.10. The van der Waals surface area contributed by atoms with Gasteiger partial charge in [-0.25, -0.2) is 4.79 Å². The number of hydrogen-bond donors (Lipinski definition) is 1. The van der Waals surface area contributed by atoms with Gasteiger partial charge in [0.25, 0.3) is 5.56 Å². The molecular formula is C20H28N2O6S. The summed E-state index contributed by atoms with van der Waals surface area (Å²) in [7, 11) is 0. The average molecular weight is 425 g/mol. The second kappa shape index (κ2) is 9.65. The molecule has 1 unspecified atom stereocenters. The summed E-state index contributed by atoms with van der Waals surface area (Å²) in [5, 5.41) is -1.49. The molecule has 1 heterocycles. The van der Waals surface area contributed by atoms with E-state index in [-0.39, 0.29) is 30.1 Å². The Hall–Kier alpha value is -2.03. The Kier molecular flexibility index (Phi) is 7.21. The lowest BCUT2D eigenvalue weighted by molar-refractivity contribution is -0.152. The number of ether oxygens (including phenoxy) is 2. The van der Waals surface area contributed by atoms with Crippen molar-refractivity contribution < 1.29 is 19.1 Å². The number of H-pyrrole nitrogens is 1. The SMILES string of the molecule is CCOC(=O)C(SC1CCc2c1[nH]c(=O)n(C1CCCCC1)c2=O)C(=O)OCC. The highest BCUT2D eigenvalue weighted by Gasteiger charge is 2.38. The topological polar surface area (TPSA) is 107 Å². The minimum atomic E-state index is -1.14. The van der Waals surface area contributed by atoms with Crippen molar-refractivity contribution in [3.8, 4) is 0 Å². The van der Waals surface area contributed by atoms with Crippen molar-refractivity contribution in [3.05, 3.63) is 32.1 Å². The molecule has 1 aromatic rings. The van der Waals surface area contributed by atoms with Crippen LogP contribution in [0.15, 0.2) is 9.59 Å². The number of nitrogens with zero attached hydrogens (tertiary/aromatic N) is 1. The van der Waals surface area contributed by atoms with Crippen LogP contribution in [0.4, 0.5) is 0 Å². The maximum Gasteiger partial charge on any atom is 0.330 e. The van der Waals surface area contributed by atoms with Crippen molar-refractivity contribution in [2.75, 3.05) is 13.2 Å². The summed E-state index contributed by atoms with van der Waals surface area (Å²) >= 11 is 1.08. The van der Waals surface area contributed by atoms with Gasteiger partial charge in [0, 0.05) is 22.5 Å². The highest BCUT2D eigenvalue weighted by molar-refractivity contribution is 8.01. The second-order valence-electron chi connectivity index (χ2n) is 7.34. The number of aromatic nitrogens is 2. The molecule has 2 aliphatic carbocycles. The van der Waals surface area contributed by atoms with Crippen LogP contribution in [0.5, 0.6) is 0 Å². The van der Waals surface area contributed by atoms with Crippen molar-refractivity contribution in [2.45, 2.75) is 75.3 Å². The molecule has 0 radical (unpaired) electrons. The van der Waals surface area contributed by atoms with Crippen molar-refractivity contribution in [1.82, 2.24) is 9.55 Å². The molecule has 0 aromatic carbocycles. The fourth-order valence-electron chi connectivity index (χ4n) is 4.15. The molecule has 9 heteroatoms. The second-order valence-corrected chi connectivity index (χ2v) is 8.65. The maximum atomic E-state index is 13.0. The minimum Gasteiger partial charge on any atom is -0.465 e. The van der Waals surface area contributed by atoms with Gasteiger partial charge in [-0.2, -0.15) is 0 Å². The molecule has 2 aliphatic rings. The van der Waals surface area contributed by atoms with Crippen LogP contribution >= 0.6 is 11.8 Å². The fraction of sp³-hybridized carbons (Fsp3) is 0.700. The van der Waals surface area contributed by atoms with Gasteiger partial charge in [0.1, 0.15) is 0 Å². The third-order valence-corrected chi connectivity index (χ3v) is 6.94. The zero-order valence-corrected chi connectivity index (χ0v) is 17.7. The molecule has 1 fully saturated rings. The highest BCUT2D eigenvalue weighted by atomic mass is 32.2. The minimum absolute atomic E-state index is 0.0520. The van der Waals surface area contributed by atoms with E-state index in [0.29, 0.717) is 24.1 Å². The molecule has 8 nitrogen and oxygen atoms in total. The molecule has 1 aromatic heterocycles. The van der Waals surface area contributed by atoms with Crippen LogP contribution in [0.1, 0.15) is 74.9 Å². The third-order valence-electron chi connectivity index (χ3n) is 5.48. The smallest absolute Gasteiger partial charge is 0.330 e. The van der Waals surface area contributed by atoms with Crippen LogP contribution in [-0.2, 0) is 25.5 Å². The van der Waals surface area contributed by atoms with Gasteiger partial charge in [-0.05, 0) is 39.5 Å². The standard InChI is InChI=1S/C20H28N2O6S/c1-3-27-18(24)16(19(25)28-4-2)29-14-11-10-13-15(14)21-20(26)22(17(13)23)12-8-6-5-7-9-12/h12,14,16H,3-11H2,1-2H3,(H,21,26). The molecule has 160 valence electrons. The van der Waals surface area contributed by atoms with Crippen molar-refractivity contribution in [2.24, 2.45) is 0 Å². The first-order chi connectivity index (χ1) is 14.0. The lowest BCUT2D eigenvalue weighted by Gasteiger charge is -2.24. The van der Waals surface area contributed by atoms with Crippen molar-refractivity contribution in [1.29, 1.82) is 0 Å². The van der Waals surface area contributed by atoms with E-state index in [2.05, 4.69) is 4.98 Å². The van der Waals surface area contributed by atoms with Gasteiger partial charge in [0.05, 0.1) is 13.2 Å². The Labute approximate surface area is 173 Å². The molecular weight excluding hydrogens is 396 g/mol. The molecule has 3 rings (SSSR count). The monoisotopic (exact) mass is 424 g/mol. The molecule has 1 atom stereocenters. The number of fused-ring (bicyclic) bond motifs is 1. The van der Waals surface area contributed by atoms with Crippen molar-refractivity contribution >= 4 is 23.7 Å². The van der Waals surface area contributed by atoms with Gasteiger partial charge >= 0.3 is 17.6 Å². The molecule has 29 heavy (non-hydrogen) atoms. The summed E-state index contributed by atoms with van der Waals surface area (Å²) in [6.07, 6.45) is 5.93. The third kappa shape index (κ3) is 4.60. The largest absolute Gasteiger partial charge is 0.465 e. The first kappa shape index (κ1) is 21.7. The molecule has 0 aliphatic heterocycles. The lowest BCUT2D eigenvalue weighted by atomic mass is 9.95. The first-order valence-corrected chi connectivity index (χ1v) is 11.3. The quantitative estimate of drug-likeness (QED) is 0.528. The number of esters is 2. The number of aromatic amines is 1. The van der Waals surface area contributed by atoms with Crippen LogP contribution in [-0.4, -0.2) is 40.0 Å². The first-order valence-electron chi connectivity index (χ1n) is 10.3. The van der Waals surface area contributed by atoms with Gasteiger partial charge < -0.3 is 14.5 Å². The molecule has 0 spiro atoms. The summed E-state index contributed by atoms with van der Waals surface area (Å²) in [4.78, 5) is 53.2. The van der Waals surface area contributed by atoms with Gasteiger partial charge in [-0.1, -0.05) is 19.3 Å². The molecule has 1 saturated carbocycles. The predicted molar refractivity (Wildman–Crippen MR) is 109 cm³/mol. The summed E-state index contributed by atoms with van der Waals surface area (Å²) < 4.78 is 11.4. The molecule has 0 amide bonds. The van der Waals surface area contributed by atoms with E-state index in [1.54, 1.807) is 13.8 Å². The normalized spacial score (nSPS) is 19.2. The van der Waals surface area contributed by atoms with Gasteiger partial charge in [0.2, 0.25) is 5.25 Å². The van der Waals surface area contributed by atoms with E-state index in [0.717, 1.165) is 43.9 Å². The van der Waals surface area contributed by atoms with Gasteiger partial charge in [-0.15, -0.1) is 11.8 Å². The van der Waals surface area contributed by atoms with Crippen LogP contribution < -0.4 is 11.2 Å². The van der Waals surface area contributed by atoms with Crippen LogP contribution in [0, 0.1) is 0 Å². The number of carbonyl (C=O) groups is 2. The number of nitrogens with one attached hydrogen (secondary N) is 1. The number of rotatable bonds is 7. The predicted octanol–water partition coefficient (Wildman–Crippen LogP) is 2.26. The molecule has 0 saturated heterocycles. The summed E-state index contributed by atoms with van der Waals surface area (Å²) in [6.45, 7) is 3.64. The number of hydrogen-bond acceptors (Lipinski definition) is 7. The van der Waals surface area contributed by atoms with Crippen LogP contribution in [0.2, 0.25) is 0 Å². The van der Waals surface area contributed by atoms with Crippen molar-refractivity contribution in [3.63, 3.8) is 0 Å². The zero-order chi connectivity index (χ0) is 21.0. The highest BCUT2D eigenvalue weighted by Crippen LogP contribution is 2.41. The summed E-state index contributed by atoms with van der Waals surface area (Å²) in [6, 6.07) is -0.0520. The summed E-state index contributed by atoms with van der Waals surface area (Å²) in [5.41, 5.74) is 0.467. The van der Waals surface area contributed by atoms with E-state index in [4.69, 9.17) is 9.47 Å². The maximum absolute atomic E-state index is 13.0. The van der Waals surface area contributed by atoms with E-state index < -0.39 is 22.9 Å². The Morgan fingerprint density at radius 2 is 1.69 bits per heavy atom. The van der Waals surface area contributed by atoms with Gasteiger partial charge in [-0.3, -0.25) is 19.0 Å². The number of carbonyl (C=O) groups excluding carboxylic acids is 2. The zero-order valence-electron chi connectivity index (χ0n) is 16.9. The van der Waals surface area contributed by atoms with Crippen LogP contribution in [0.3, 0.4) is 0 Å². The molecule has 1 N–H and O–H groups in total. The Balaban J connectivity index is 1.88. The number of thioether (sulfide) groups is 1. The molecule has 0 bridgehead atoms. The Bertz CT molecular complexity index is 853. The fourth-order valence-corrected chi connectivity index (χ4v) is 5.43. The van der Waals surface area contributed by atoms with Crippen LogP contribution in [0.25, 0.3) is 0 Å². The van der Waals surface area contributed by atoms with E-state index >= 15 is 0 Å². The van der Waals surface area contributed by atoms with E-state index in [1.165, 1.54) is 4.57 Å². The Morgan fingerprint density at radius 1 is 1.07 bits per heavy atom. The summed E-state index contributed by atoms with van der Waals surface area (Å²) in [5.74, 6) is -1.33. The van der Waals surface area contributed by atoms with Gasteiger partial charge in [0.15, 0.2) is 0 Å². The Morgan fingerprint density at radius 3 is 2.28 bits per heavy atom.